The molecule has 1 aromatic heterocycles. The monoisotopic (exact) mass is 428 g/mol. The van der Waals surface area contributed by atoms with Crippen LogP contribution in [-0.2, 0) is 10.4 Å². The Labute approximate surface area is 184 Å². The van der Waals surface area contributed by atoms with Gasteiger partial charge >= 0.3 is 0 Å². The van der Waals surface area contributed by atoms with Gasteiger partial charge in [-0.1, -0.05) is 84.9 Å². The van der Waals surface area contributed by atoms with Crippen molar-refractivity contribution in [3.8, 4) is 0 Å². The van der Waals surface area contributed by atoms with Crippen LogP contribution in [0.15, 0.2) is 109 Å². The topological polar surface area (TPSA) is 69.6 Å². The second-order valence-electron chi connectivity index (χ2n) is 6.84. The lowest BCUT2D eigenvalue weighted by Crippen LogP contribution is -2.54. The fraction of sp³-hybridized carbons (Fsp3) is 0.0400. The van der Waals surface area contributed by atoms with E-state index in [1.54, 1.807) is 90.3 Å². The molecule has 2 N–H and O–H groups in total. The van der Waals surface area contributed by atoms with Crippen LogP contribution < -0.4 is 10.4 Å². The van der Waals surface area contributed by atoms with Crippen LogP contribution in [-0.4, -0.2) is 16.9 Å². The van der Waals surface area contributed by atoms with Crippen LogP contribution in [0.4, 0.5) is 5.69 Å². The van der Waals surface area contributed by atoms with E-state index in [2.05, 4.69) is 5.43 Å². The second kappa shape index (κ2) is 8.95. The van der Waals surface area contributed by atoms with Crippen molar-refractivity contribution in [2.24, 2.45) is 0 Å². The zero-order valence-corrected chi connectivity index (χ0v) is 17.3. The summed E-state index contributed by atoms with van der Waals surface area (Å²) in [5.74, 6) is -1.13. The number of thiophene rings is 1. The van der Waals surface area contributed by atoms with Gasteiger partial charge in [0.2, 0.25) is 0 Å². The first kappa shape index (κ1) is 20.5. The zero-order valence-electron chi connectivity index (χ0n) is 16.5. The first-order valence-electron chi connectivity index (χ1n) is 9.68. The van der Waals surface area contributed by atoms with Gasteiger partial charge in [-0.3, -0.25) is 15.0 Å². The van der Waals surface area contributed by atoms with E-state index in [0.717, 1.165) is 0 Å². The molecule has 4 aromatic rings. The van der Waals surface area contributed by atoms with Crippen LogP contribution in [0.1, 0.15) is 20.8 Å². The number of para-hydroxylation sites is 1. The van der Waals surface area contributed by atoms with Crippen LogP contribution in [0.2, 0.25) is 0 Å². The van der Waals surface area contributed by atoms with Gasteiger partial charge in [0, 0.05) is 0 Å². The van der Waals surface area contributed by atoms with Crippen LogP contribution in [0.5, 0.6) is 0 Å². The van der Waals surface area contributed by atoms with Crippen molar-refractivity contribution in [1.29, 1.82) is 0 Å². The predicted octanol–water partition coefficient (Wildman–Crippen LogP) is 4.36. The molecule has 4 rings (SSSR count). The van der Waals surface area contributed by atoms with Gasteiger partial charge in [-0.25, -0.2) is 5.01 Å². The highest BCUT2D eigenvalue weighted by Gasteiger charge is 2.41. The molecule has 6 heteroatoms. The van der Waals surface area contributed by atoms with E-state index in [0.29, 0.717) is 21.7 Å². The SMILES string of the molecule is O=C(c1cccs1)N(NC(=O)C(O)(c1ccccc1)c1ccccc1)c1ccccc1. The number of aliphatic hydroxyl groups is 1. The molecule has 3 aromatic carbocycles. The molecule has 31 heavy (non-hydrogen) atoms. The van der Waals surface area contributed by atoms with Gasteiger partial charge in [0.05, 0.1) is 10.6 Å². The Kier molecular flexibility index (Phi) is 5.93. The molecule has 5 nitrogen and oxygen atoms in total. The lowest BCUT2D eigenvalue weighted by atomic mass is 9.85. The van der Waals surface area contributed by atoms with E-state index >= 15 is 0 Å². The molecule has 0 aliphatic carbocycles. The molecule has 1 heterocycles. The van der Waals surface area contributed by atoms with Gasteiger partial charge in [-0.05, 0) is 34.7 Å². The summed E-state index contributed by atoms with van der Waals surface area (Å²) in [5.41, 5.74) is 1.95. The molecule has 0 aliphatic heterocycles. The Morgan fingerprint density at radius 3 is 1.74 bits per heavy atom. The first-order valence-corrected chi connectivity index (χ1v) is 10.6. The number of amides is 2. The van der Waals surface area contributed by atoms with E-state index in [-0.39, 0.29) is 0 Å². The highest BCUT2D eigenvalue weighted by Crippen LogP contribution is 2.30. The van der Waals surface area contributed by atoms with Gasteiger partial charge in [-0.2, -0.15) is 0 Å². The zero-order chi connectivity index (χ0) is 21.7. The maximum atomic E-state index is 13.6. The fourth-order valence-electron chi connectivity index (χ4n) is 3.29. The molecule has 2 amide bonds. The summed E-state index contributed by atoms with van der Waals surface area (Å²) in [7, 11) is 0. The Morgan fingerprint density at radius 2 is 1.26 bits per heavy atom. The lowest BCUT2D eigenvalue weighted by Gasteiger charge is -2.31. The average molecular weight is 429 g/mol. The molecule has 154 valence electrons. The second-order valence-corrected chi connectivity index (χ2v) is 7.78. The Morgan fingerprint density at radius 1 is 0.742 bits per heavy atom. The molecule has 0 fully saturated rings. The number of hydrogen-bond acceptors (Lipinski definition) is 4. The Balaban J connectivity index is 1.76. The van der Waals surface area contributed by atoms with Crippen molar-refractivity contribution >= 4 is 28.8 Å². The molecule has 0 spiro atoms. The highest BCUT2D eigenvalue weighted by molar-refractivity contribution is 7.12. The third-order valence-electron chi connectivity index (χ3n) is 4.87. The number of carbonyl (C=O) groups is 2. The largest absolute Gasteiger partial charge is 0.372 e. The number of nitrogens with zero attached hydrogens (tertiary/aromatic N) is 1. The normalized spacial score (nSPS) is 11.0. The summed E-state index contributed by atoms with van der Waals surface area (Å²) in [6.45, 7) is 0. The van der Waals surface area contributed by atoms with Crippen molar-refractivity contribution in [3.05, 3.63) is 125 Å². The Hall–Kier alpha value is -3.74. The first-order chi connectivity index (χ1) is 15.1. The third kappa shape index (κ3) is 4.12. The number of benzene rings is 3. The van der Waals surface area contributed by atoms with E-state index in [1.165, 1.54) is 16.3 Å². The highest BCUT2D eigenvalue weighted by atomic mass is 32.1. The van der Waals surface area contributed by atoms with Crippen LogP contribution in [0.25, 0.3) is 0 Å². The number of hydrogen-bond donors (Lipinski definition) is 2. The standard InChI is InChI=1S/C25H20N2O3S/c28-23(22-17-10-18-31-22)27(21-15-8-3-9-16-21)26-24(29)25(30,19-11-4-1-5-12-19)20-13-6-2-7-14-20/h1-18,30H,(H,26,29). The number of hydrazine groups is 1. The number of rotatable bonds is 5. The minimum Gasteiger partial charge on any atom is -0.372 e. The summed E-state index contributed by atoms with van der Waals surface area (Å²) in [4.78, 5) is 27.2. The van der Waals surface area contributed by atoms with Crippen molar-refractivity contribution < 1.29 is 14.7 Å². The molecule has 0 bridgehead atoms. The average Bonchev–Trinajstić information content (AvgIpc) is 3.38. The summed E-state index contributed by atoms with van der Waals surface area (Å²) >= 11 is 1.28. The van der Waals surface area contributed by atoms with Crippen molar-refractivity contribution in [1.82, 2.24) is 5.43 Å². The van der Waals surface area contributed by atoms with Gasteiger partial charge < -0.3 is 5.11 Å². The molecule has 0 unspecified atom stereocenters. The van der Waals surface area contributed by atoms with Gasteiger partial charge in [0.1, 0.15) is 0 Å². The molecule has 0 atom stereocenters. The number of carbonyl (C=O) groups excluding carboxylic acids is 2. The number of anilines is 1. The van der Waals surface area contributed by atoms with E-state index in [9.17, 15) is 14.7 Å². The molecule has 0 saturated heterocycles. The Bertz CT molecular complexity index is 1110. The smallest absolute Gasteiger partial charge is 0.287 e. The predicted molar refractivity (Wildman–Crippen MR) is 122 cm³/mol. The molecule has 0 saturated carbocycles. The lowest BCUT2D eigenvalue weighted by molar-refractivity contribution is -0.136. The van der Waals surface area contributed by atoms with Gasteiger partial charge in [-0.15, -0.1) is 11.3 Å². The molecular formula is C25H20N2O3S. The van der Waals surface area contributed by atoms with Crippen molar-refractivity contribution in [2.45, 2.75) is 5.60 Å². The summed E-state index contributed by atoms with van der Waals surface area (Å²) < 4.78 is 0. The fourth-order valence-corrected chi connectivity index (χ4v) is 3.94. The summed E-state index contributed by atoms with van der Waals surface area (Å²) in [6, 6.07) is 29.6. The van der Waals surface area contributed by atoms with Crippen LogP contribution in [0, 0.1) is 0 Å². The van der Waals surface area contributed by atoms with Crippen molar-refractivity contribution in [2.75, 3.05) is 5.01 Å². The quantitative estimate of drug-likeness (QED) is 0.464. The van der Waals surface area contributed by atoms with E-state index in [1.807, 2.05) is 18.2 Å². The molecule has 0 radical (unpaired) electrons. The van der Waals surface area contributed by atoms with E-state index in [4.69, 9.17) is 0 Å². The maximum Gasteiger partial charge on any atom is 0.287 e. The maximum absolute atomic E-state index is 13.6. The van der Waals surface area contributed by atoms with Gasteiger partial charge in [0.25, 0.3) is 11.8 Å². The molecular weight excluding hydrogens is 408 g/mol. The van der Waals surface area contributed by atoms with Crippen molar-refractivity contribution in [3.63, 3.8) is 0 Å². The van der Waals surface area contributed by atoms with Gasteiger partial charge in [0.15, 0.2) is 5.60 Å². The molecule has 0 aliphatic rings. The van der Waals surface area contributed by atoms with E-state index < -0.39 is 17.4 Å². The minimum absolute atomic E-state index is 0.391. The number of nitrogens with one attached hydrogen (secondary N) is 1. The minimum atomic E-state index is -1.99. The third-order valence-corrected chi connectivity index (χ3v) is 5.73. The van der Waals surface area contributed by atoms with Crippen LogP contribution in [0.3, 0.4) is 0 Å². The van der Waals surface area contributed by atoms with Crippen LogP contribution >= 0.6 is 11.3 Å². The summed E-state index contributed by atoms with van der Waals surface area (Å²) in [5, 5.41) is 14.6. The summed E-state index contributed by atoms with van der Waals surface area (Å²) in [6.07, 6.45) is 0.